The summed E-state index contributed by atoms with van der Waals surface area (Å²) in [7, 11) is 1.96. The molecular formula is C13H18N4. The quantitative estimate of drug-likeness (QED) is 0.789. The van der Waals surface area contributed by atoms with Gasteiger partial charge in [0.1, 0.15) is 0 Å². The molecule has 0 spiro atoms. The van der Waals surface area contributed by atoms with Crippen LogP contribution in [-0.2, 0) is 13.5 Å². The average molecular weight is 230 g/mol. The summed E-state index contributed by atoms with van der Waals surface area (Å²) in [6.45, 7) is 2.89. The first-order valence-corrected chi connectivity index (χ1v) is 5.73. The molecule has 17 heavy (non-hydrogen) atoms. The maximum atomic E-state index is 5.86. The summed E-state index contributed by atoms with van der Waals surface area (Å²) < 4.78 is 1.89. The van der Waals surface area contributed by atoms with Crippen LogP contribution in [0.2, 0.25) is 0 Å². The highest BCUT2D eigenvalue weighted by molar-refractivity contribution is 5.58. The van der Waals surface area contributed by atoms with Crippen molar-refractivity contribution in [2.45, 2.75) is 13.3 Å². The SMILES string of the molecule is Cc1ccc(NCCc2ccnn2C)cc1N. The fourth-order valence-electron chi connectivity index (χ4n) is 1.73. The molecule has 0 bridgehead atoms. The van der Waals surface area contributed by atoms with Gasteiger partial charge in [-0.2, -0.15) is 5.10 Å². The highest BCUT2D eigenvalue weighted by Gasteiger charge is 1.99. The molecule has 0 fully saturated rings. The molecule has 4 heteroatoms. The smallest absolute Gasteiger partial charge is 0.0492 e. The Morgan fingerprint density at radius 1 is 1.35 bits per heavy atom. The zero-order valence-corrected chi connectivity index (χ0v) is 10.3. The van der Waals surface area contributed by atoms with E-state index < -0.39 is 0 Å². The molecule has 0 unspecified atom stereocenters. The number of aromatic nitrogens is 2. The van der Waals surface area contributed by atoms with E-state index in [0.717, 1.165) is 29.9 Å². The minimum Gasteiger partial charge on any atom is -0.398 e. The second-order valence-corrected chi connectivity index (χ2v) is 4.19. The summed E-state index contributed by atoms with van der Waals surface area (Å²) in [5.41, 5.74) is 10.1. The van der Waals surface area contributed by atoms with E-state index >= 15 is 0 Å². The first-order chi connectivity index (χ1) is 8.16. The van der Waals surface area contributed by atoms with E-state index in [9.17, 15) is 0 Å². The molecule has 0 saturated heterocycles. The number of nitrogens with two attached hydrogens (primary N) is 1. The highest BCUT2D eigenvalue weighted by atomic mass is 15.3. The predicted molar refractivity (Wildman–Crippen MR) is 71.0 cm³/mol. The lowest BCUT2D eigenvalue weighted by Gasteiger charge is -2.08. The second-order valence-electron chi connectivity index (χ2n) is 4.19. The Morgan fingerprint density at radius 3 is 2.82 bits per heavy atom. The summed E-state index contributed by atoms with van der Waals surface area (Å²) in [4.78, 5) is 0. The van der Waals surface area contributed by atoms with Gasteiger partial charge in [0.05, 0.1) is 0 Å². The molecule has 1 aromatic carbocycles. The van der Waals surface area contributed by atoms with Crippen LogP contribution in [0.15, 0.2) is 30.5 Å². The van der Waals surface area contributed by atoms with Crippen LogP contribution >= 0.6 is 0 Å². The first-order valence-electron chi connectivity index (χ1n) is 5.73. The predicted octanol–water partition coefficient (Wildman–Crippen LogP) is 1.97. The molecule has 3 N–H and O–H groups in total. The Labute approximate surface area is 101 Å². The van der Waals surface area contributed by atoms with Gasteiger partial charge in [0.15, 0.2) is 0 Å². The van der Waals surface area contributed by atoms with Crippen molar-refractivity contribution in [2.75, 3.05) is 17.6 Å². The maximum Gasteiger partial charge on any atom is 0.0492 e. The van der Waals surface area contributed by atoms with Crippen molar-refractivity contribution in [3.05, 3.63) is 41.7 Å². The van der Waals surface area contributed by atoms with Crippen LogP contribution in [0.3, 0.4) is 0 Å². The van der Waals surface area contributed by atoms with Gasteiger partial charge in [0.25, 0.3) is 0 Å². The number of nitrogens with zero attached hydrogens (tertiary/aromatic N) is 2. The molecule has 0 radical (unpaired) electrons. The highest BCUT2D eigenvalue weighted by Crippen LogP contribution is 2.16. The first kappa shape index (κ1) is 11.5. The minimum absolute atomic E-state index is 0.829. The van der Waals surface area contributed by atoms with Crippen molar-refractivity contribution in [1.82, 2.24) is 9.78 Å². The van der Waals surface area contributed by atoms with Crippen molar-refractivity contribution in [3.8, 4) is 0 Å². The Hall–Kier alpha value is -1.97. The Balaban J connectivity index is 1.90. The third-order valence-electron chi connectivity index (χ3n) is 2.91. The van der Waals surface area contributed by atoms with E-state index in [1.807, 2.05) is 43.0 Å². The van der Waals surface area contributed by atoms with Gasteiger partial charge in [-0.15, -0.1) is 0 Å². The number of aryl methyl sites for hydroxylation is 2. The Morgan fingerprint density at radius 2 is 2.18 bits per heavy atom. The molecule has 4 nitrogen and oxygen atoms in total. The van der Waals surface area contributed by atoms with Gasteiger partial charge in [-0.05, 0) is 30.7 Å². The third-order valence-corrected chi connectivity index (χ3v) is 2.91. The number of hydrogen-bond acceptors (Lipinski definition) is 3. The number of nitrogens with one attached hydrogen (secondary N) is 1. The number of nitrogen functional groups attached to an aromatic ring is 1. The Bertz CT molecular complexity index is 502. The van der Waals surface area contributed by atoms with Gasteiger partial charge in [0, 0.05) is 43.3 Å². The molecule has 0 amide bonds. The van der Waals surface area contributed by atoms with Crippen LogP contribution in [0.1, 0.15) is 11.3 Å². The topological polar surface area (TPSA) is 55.9 Å². The van der Waals surface area contributed by atoms with E-state index in [1.54, 1.807) is 0 Å². The molecule has 2 aromatic rings. The molecule has 90 valence electrons. The van der Waals surface area contributed by atoms with E-state index in [-0.39, 0.29) is 0 Å². The lowest BCUT2D eigenvalue weighted by Crippen LogP contribution is -2.08. The molecule has 2 rings (SSSR count). The molecule has 0 aliphatic carbocycles. The number of hydrogen-bond donors (Lipinski definition) is 2. The summed E-state index contributed by atoms with van der Waals surface area (Å²) in [5, 5.41) is 7.49. The van der Waals surface area contributed by atoms with Gasteiger partial charge >= 0.3 is 0 Å². The minimum atomic E-state index is 0.829. The van der Waals surface area contributed by atoms with Crippen LogP contribution in [0.5, 0.6) is 0 Å². The fraction of sp³-hybridized carbons (Fsp3) is 0.308. The standard InChI is InChI=1S/C13H18N4/c1-10-3-4-11(9-13(10)14)15-7-5-12-6-8-16-17(12)2/h3-4,6,8-9,15H,5,7,14H2,1-2H3. The van der Waals surface area contributed by atoms with Crippen LogP contribution in [-0.4, -0.2) is 16.3 Å². The number of benzene rings is 1. The van der Waals surface area contributed by atoms with Crippen molar-refractivity contribution in [1.29, 1.82) is 0 Å². The average Bonchev–Trinajstić information content (AvgIpc) is 2.70. The van der Waals surface area contributed by atoms with Crippen molar-refractivity contribution in [2.24, 2.45) is 7.05 Å². The normalized spacial score (nSPS) is 10.5. The molecular weight excluding hydrogens is 212 g/mol. The van der Waals surface area contributed by atoms with Gasteiger partial charge < -0.3 is 11.1 Å². The van der Waals surface area contributed by atoms with Crippen LogP contribution in [0.25, 0.3) is 0 Å². The van der Waals surface area contributed by atoms with Crippen LogP contribution < -0.4 is 11.1 Å². The molecule has 0 aliphatic rings. The molecule has 1 heterocycles. The monoisotopic (exact) mass is 230 g/mol. The van der Waals surface area contributed by atoms with E-state index in [0.29, 0.717) is 0 Å². The summed E-state index contributed by atoms with van der Waals surface area (Å²) in [5.74, 6) is 0. The van der Waals surface area contributed by atoms with Crippen molar-refractivity contribution in [3.63, 3.8) is 0 Å². The molecule has 0 saturated carbocycles. The van der Waals surface area contributed by atoms with Crippen LogP contribution in [0.4, 0.5) is 11.4 Å². The van der Waals surface area contributed by atoms with E-state index in [4.69, 9.17) is 5.73 Å². The second kappa shape index (κ2) is 4.91. The van der Waals surface area contributed by atoms with Gasteiger partial charge in [-0.25, -0.2) is 0 Å². The summed E-state index contributed by atoms with van der Waals surface area (Å²) in [6, 6.07) is 8.08. The molecule has 1 aromatic heterocycles. The van der Waals surface area contributed by atoms with Crippen molar-refractivity contribution >= 4 is 11.4 Å². The van der Waals surface area contributed by atoms with E-state index in [2.05, 4.69) is 16.5 Å². The summed E-state index contributed by atoms with van der Waals surface area (Å²) >= 11 is 0. The van der Waals surface area contributed by atoms with Gasteiger partial charge in [-0.1, -0.05) is 6.07 Å². The fourth-order valence-corrected chi connectivity index (χ4v) is 1.73. The zero-order valence-electron chi connectivity index (χ0n) is 10.3. The number of rotatable bonds is 4. The maximum absolute atomic E-state index is 5.86. The lowest BCUT2D eigenvalue weighted by atomic mass is 10.2. The van der Waals surface area contributed by atoms with Gasteiger partial charge in [-0.3, -0.25) is 4.68 Å². The molecule has 0 atom stereocenters. The van der Waals surface area contributed by atoms with Gasteiger partial charge in [0.2, 0.25) is 0 Å². The zero-order chi connectivity index (χ0) is 12.3. The number of anilines is 2. The van der Waals surface area contributed by atoms with Crippen molar-refractivity contribution < 1.29 is 0 Å². The van der Waals surface area contributed by atoms with Crippen LogP contribution in [0, 0.1) is 6.92 Å². The summed E-state index contributed by atoms with van der Waals surface area (Å²) in [6.07, 6.45) is 2.77. The third kappa shape index (κ3) is 2.78. The largest absolute Gasteiger partial charge is 0.398 e. The lowest BCUT2D eigenvalue weighted by molar-refractivity contribution is 0.711. The molecule has 0 aliphatic heterocycles. The van der Waals surface area contributed by atoms with E-state index in [1.165, 1.54) is 5.69 Å². The Kier molecular flexibility index (Phi) is 3.32.